The molecule has 0 bridgehead atoms. The van der Waals surface area contributed by atoms with Gasteiger partial charge in [0.2, 0.25) is 5.91 Å². The Labute approximate surface area is 130 Å². The molecule has 1 atom stereocenters. The second kappa shape index (κ2) is 8.06. The number of hydrogen-bond donors (Lipinski definition) is 2. The molecule has 0 aromatic heterocycles. The molecule has 2 N–H and O–H groups in total. The van der Waals surface area contributed by atoms with E-state index < -0.39 is 6.10 Å². The highest BCUT2D eigenvalue weighted by Gasteiger charge is 2.22. The highest BCUT2D eigenvalue weighted by atomic mass is 32.2. The van der Waals surface area contributed by atoms with Crippen molar-refractivity contribution >= 4 is 17.7 Å². The number of carbonyl (C=O) groups excluding carboxylic acids is 1. The van der Waals surface area contributed by atoms with Crippen LogP contribution in [0.15, 0.2) is 24.3 Å². The maximum Gasteiger partial charge on any atom is 0.230 e. The van der Waals surface area contributed by atoms with E-state index in [0.29, 0.717) is 11.3 Å². The molecule has 0 aliphatic heterocycles. The fraction of sp³-hybridized carbons (Fsp3) is 0.500. The number of nitrogens with one attached hydrogen (secondary N) is 1. The van der Waals surface area contributed by atoms with Crippen molar-refractivity contribution in [2.75, 3.05) is 12.3 Å². The summed E-state index contributed by atoms with van der Waals surface area (Å²) in [4.78, 5) is 11.7. The molecule has 0 spiro atoms. The minimum atomic E-state index is -0.551. The first-order valence-corrected chi connectivity index (χ1v) is 8.00. The predicted octanol–water partition coefficient (Wildman–Crippen LogP) is 2.31. The van der Waals surface area contributed by atoms with Crippen molar-refractivity contribution in [3.05, 3.63) is 35.4 Å². The van der Waals surface area contributed by atoms with Gasteiger partial charge in [-0.25, -0.2) is 0 Å². The van der Waals surface area contributed by atoms with Crippen LogP contribution in [-0.4, -0.2) is 29.4 Å². The molecule has 1 rings (SSSR count). The van der Waals surface area contributed by atoms with Crippen LogP contribution in [0.1, 0.15) is 31.9 Å². The number of aliphatic hydroxyl groups is 1. The molecule has 0 saturated carbocycles. The number of benzene rings is 1. The number of amides is 1. The average Bonchev–Trinajstić information content (AvgIpc) is 2.44. The van der Waals surface area contributed by atoms with Crippen molar-refractivity contribution in [1.29, 1.82) is 5.26 Å². The quantitative estimate of drug-likeness (QED) is 0.846. The van der Waals surface area contributed by atoms with Gasteiger partial charge in [-0.15, -0.1) is 11.8 Å². The number of nitriles is 1. The Hall–Kier alpha value is -1.51. The van der Waals surface area contributed by atoms with Crippen LogP contribution in [-0.2, 0) is 10.5 Å². The standard InChI is InChI=1S/C16H22N2O2S/c1-16(2,3)14(19)9-18-15(20)11-21-10-13-6-4-12(8-17)5-7-13/h4-7,14,19H,9-11H2,1-3H3,(H,18,20). The van der Waals surface area contributed by atoms with Crippen molar-refractivity contribution in [3.8, 4) is 6.07 Å². The molecular weight excluding hydrogens is 284 g/mol. The first-order valence-electron chi connectivity index (χ1n) is 6.84. The SMILES string of the molecule is CC(C)(C)C(O)CNC(=O)CSCc1ccc(C#N)cc1. The van der Waals surface area contributed by atoms with E-state index in [9.17, 15) is 9.90 Å². The molecule has 0 saturated heterocycles. The van der Waals surface area contributed by atoms with Crippen LogP contribution in [0.5, 0.6) is 0 Å². The number of rotatable bonds is 6. The third kappa shape index (κ3) is 6.65. The summed E-state index contributed by atoms with van der Waals surface area (Å²) in [6, 6.07) is 9.41. The van der Waals surface area contributed by atoms with Gasteiger partial charge in [0.05, 0.1) is 23.5 Å². The van der Waals surface area contributed by atoms with E-state index in [2.05, 4.69) is 11.4 Å². The summed E-state index contributed by atoms with van der Waals surface area (Å²) < 4.78 is 0. The van der Waals surface area contributed by atoms with Crippen LogP contribution in [0, 0.1) is 16.7 Å². The molecule has 0 radical (unpaired) electrons. The van der Waals surface area contributed by atoms with Crippen molar-refractivity contribution in [1.82, 2.24) is 5.32 Å². The number of thioether (sulfide) groups is 1. The minimum Gasteiger partial charge on any atom is -0.391 e. The molecule has 0 fully saturated rings. The lowest BCUT2D eigenvalue weighted by Crippen LogP contribution is -2.39. The van der Waals surface area contributed by atoms with Gasteiger partial charge in [0, 0.05) is 12.3 Å². The Bertz CT molecular complexity index is 500. The zero-order valence-corrected chi connectivity index (χ0v) is 13.5. The fourth-order valence-electron chi connectivity index (χ4n) is 1.50. The zero-order valence-electron chi connectivity index (χ0n) is 12.7. The molecule has 1 amide bonds. The topological polar surface area (TPSA) is 73.1 Å². The first-order chi connectivity index (χ1) is 9.82. The molecule has 5 heteroatoms. The number of nitrogens with zero attached hydrogens (tertiary/aromatic N) is 1. The highest BCUT2D eigenvalue weighted by molar-refractivity contribution is 7.99. The summed E-state index contributed by atoms with van der Waals surface area (Å²) in [7, 11) is 0. The monoisotopic (exact) mass is 306 g/mol. The highest BCUT2D eigenvalue weighted by Crippen LogP contribution is 2.18. The van der Waals surface area contributed by atoms with Crippen LogP contribution in [0.25, 0.3) is 0 Å². The lowest BCUT2D eigenvalue weighted by atomic mass is 9.89. The summed E-state index contributed by atoms with van der Waals surface area (Å²) in [6.45, 7) is 6.08. The van der Waals surface area contributed by atoms with E-state index in [1.54, 1.807) is 12.1 Å². The zero-order chi connectivity index (χ0) is 15.9. The van der Waals surface area contributed by atoms with E-state index >= 15 is 0 Å². The molecule has 114 valence electrons. The summed E-state index contributed by atoms with van der Waals surface area (Å²) in [5.41, 5.74) is 1.49. The third-order valence-corrected chi connectivity index (χ3v) is 4.08. The van der Waals surface area contributed by atoms with Gasteiger partial charge in [0.15, 0.2) is 0 Å². The molecule has 1 unspecified atom stereocenters. The van der Waals surface area contributed by atoms with Gasteiger partial charge in [-0.3, -0.25) is 4.79 Å². The summed E-state index contributed by atoms with van der Waals surface area (Å²) in [5.74, 6) is 1.01. The predicted molar refractivity (Wildman–Crippen MR) is 85.8 cm³/mol. The maximum atomic E-state index is 11.7. The lowest BCUT2D eigenvalue weighted by molar-refractivity contribution is -0.119. The summed E-state index contributed by atoms with van der Waals surface area (Å²) in [5, 5.41) is 21.3. The van der Waals surface area contributed by atoms with Crippen molar-refractivity contribution in [2.24, 2.45) is 5.41 Å². The lowest BCUT2D eigenvalue weighted by Gasteiger charge is -2.25. The second-order valence-corrected chi connectivity index (χ2v) is 6.97. The number of carbonyl (C=O) groups is 1. The van der Waals surface area contributed by atoms with Crippen molar-refractivity contribution in [3.63, 3.8) is 0 Å². The van der Waals surface area contributed by atoms with Crippen LogP contribution >= 0.6 is 11.8 Å². The summed E-state index contributed by atoms with van der Waals surface area (Å²) >= 11 is 1.51. The normalized spacial score (nSPS) is 12.5. The maximum absolute atomic E-state index is 11.7. The Morgan fingerprint density at radius 3 is 2.52 bits per heavy atom. The molecular formula is C16H22N2O2S. The Morgan fingerprint density at radius 1 is 1.38 bits per heavy atom. The Morgan fingerprint density at radius 2 is 2.00 bits per heavy atom. The van der Waals surface area contributed by atoms with Gasteiger partial charge < -0.3 is 10.4 Å². The Kier molecular flexibility index (Phi) is 6.73. The van der Waals surface area contributed by atoms with E-state index in [-0.39, 0.29) is 17.9 Å². The minimum absolute atomic E-state index is 0.0723. The smallest absolute Gasteiger partial charge is 0.230 e. The number of aliphatic hydroxyl groups excluding tert-OH is 1. The molecule has 4 nitrogen and oxygen atoms in total. The van der Waals surface area contributed by atoms with Gasteiger partial charge in [-0.2, -0.15) is 5.26 Å². The Balaban J connectivity index is 2.26. The molecule has 0 aliphatic rings. The van der Waals surface area contributed by atoms with E-state index in [4.69, 9.17) is 5.26 Å². The largest absolute Gasteiger partial charge is 0.391 e. The first kappa shape index (κ1) is 17.5. The van der Waals surface area contributed by atoms with Crippen LogP contribution in [0.4, 0.5) is 0 Å². The number of hydrogen-bond acceptors (Lipinski definition) is 4. The summed E-state index contributed by atoms with van der Waals surface area (Å²) in [6.07, 6.45) is -0.551. The van der Waals surface area contributed by atoms with Gasteiger partial charge in [-0.05, 0) is 23.1 Å². The molecule has 1 aromatic carbocycles. The second-order valence-electron chi connectivity index (χ2n) is 5.99. The van der Waals surface area contributed by atoms with Crippen molar-refractivity contribution in [2.45, 2.75) is 32.6 Å². The van der Waals surface area contributed by atoms with E-state index in [0.717, 1.165) is 11.3 Å². The van der Waals surface area contributed by atoms with E-state index in [1.807, 2.05) is 32.9 Å². The molecule has 0 heterocycles. The average molecular weight is 306 g/mol. The van der Waals surface area contributed by atoms with Crippen LogP contribution in [0.2, 0.25) is 0 Å². The molecule has 0 aliphatic carbocycles. The van der Waals surface area contributed by atoms with Gasteiger partial charge in [0.1, 0.15) is 0 Å². The fourth-order valence-corrected chi connectivity index (χ4v) is 2.32. The van der Waals surface area contributed by atoms with E-state index in [1.165, 1.54) is 11.8 Å². The van der Waals surface area contributed by atoms with Gasteiger partial charge >= 0.3 is 0 Å². The van der Waals surface area contributed by atoms with Gasteiger partial charge in [-0.1, -0.05) is 32.9 Å². The van der Waals surface area contributed by atoms with Crippen molar-refractivity contribution < 1.29 is 9.90 Å². The van der Waals surface area contributed by atoms with Gasteiger partial charge in [0.25, 0.3) is 0 Å². The van der Waals surface area contributed by atoms with Crippen LogP contribution < -0.4 is 5.32 Å². The third-order valence-electron chi connectivity index (χ3n) is 3.08. The molecule has 1 aromatic rings. The molecule has 21 heavy (non-hydrogen) atoms. The van der Waals surface area contributed by atoms with Crippen LogP contribution in [0.3, 0.4) is 0 Å².